The first kappa shape index (κ1) is 22.0. The summed E-state index contributed by atoms with van der Waals surface area (Å²) in [7, 11) is 0. The molecule has 0 aliphatic heterocycles. The molecular formula is C21H45N. The molecule has 0 atom stereocenters. The first-order chi connectivity index (χ1) is 10.9. The fourth-order valence-corrected chi connectivity index (χ4v) is 3.10. The summed E-state index contributed by atoms with van der Waals surface area (Å²) >= 11 is 0. The second-order valence-electron chi connectivity index (χ2n) is 7.05. The SMILES string of the molecule is CCCCCCCCCCCCCCCCCCNCCC. The van der Waals surface area contributed by atoms with E-state index in [1.165, 1.54) is 122 Å². The third-order valence-electron chi connectivity index (χ3n) is 4.63. The third kappa shape index (κ3) is 20.0. The van der Waals surface area contributed by atoms with Crippen LogP contribution < -0.4 is 5.32 Å². The summed E-state index contributed by atoms with van der Waals surface area (Å²) < 4.78 is 0. The largest absolute Gasteiger partial charge is 0.317 e. The van der Waals surface area contributed by atoms with Gasteiger partial charge in [-0.15, -0.1) is 0 Å². The lowest BCUT2D eigenvalue weighted by molar-refractivity contribution is 0.525. The minimum Gasteiger partial charge on any atom is -0.317 e. The average Bonchev–Trinajstić information content (AvgIpc) is 2.54. The van der Waals surface area contributed by atoms with Crippen LogP contribution >= 0.6 is 0 Å². The van der Waals surface area contributed by atoms with Crippen LogP contribution in [0.3, 0.4) is 0 Å². The molecule has 0 radical (unpaired) electrons. The lowest BCUT2D eigenvalue weighted by Crippen LogP contribution is -2.15. The van der Waals surface area contributed by atoms with Gasteiger partial charge < -0.3 is 5.32 Å². The molecule has 134 valence electrons. The van der Waals surface area contributed by atoms with E-state index in [1.807, 2.05) is 0 Å². The second kappa shape index (κ2) is 21.0. The topological polar surface area (TPSA) is 12.0 Å². The van der Waals surface area contributed by atoms with E-state index < -0.39 is 0 Å². The second-order valence-corrected chi connectivity index (χ2v) is 7.05. The van der Waals surface area contributed by atoms with Gasteiger partial charge in [0.25, 0.3) is 0 Å². The van der Waals surface area contributed by atoms with Gasteiger partial charge in [-0.05, 0) is 25.9 Å². The summed E-state index contributed by atoms with van der Waals surface area (Å²) in [5, 5.41) is 3.48. The van der Waals surface area contributed by atoms with E-state index in [4.69, 9.17) is 0 Å². The highest BCUT2D eigenvalue weighted by Crippen LogP contribution is 2.13. The molecule has 1 nitrogen and oxygen atoms in total. The van der Waals surface area contributed by atoms with Gasteiger partial charge in [0.1, 0.15) is 0 Å². The van der Waals surface area contributed by atoms with Crippen molar-refractivity contribution in [3.05, 3.63) is 0 Å². The standard InChI is InChI=1S/C21H45N/c1-3-5-6-7-8-9-10-11-12-13-14-15-16-17-18-19-21-22-20-4-2/h22H,3-21H2,1-2H3. The molecule has 0 aromatic rings. The molecule has 0 spiro atoms. The Morgan fingerprint density at radius 2 is 0.727 bits per heavy atom. The summed E-state index contributed by atoms with van der Waals surface area (Å²) in [4.78, 5) is 0. The van der Waals surface area contributed by atoms with Gasteiger partial charge in [-0.2, -0.15) is 0 Å². The lowest BCUT2D eigenvalue weighted by Gasteiger charge is -2.04. The maximum absolute atomic E-state index is 3.48. The zero-order valence-electron chi connectivity index (χ0n) is 15.9. The molecule has 0 amide bonds. The number of nitrogens with one attached hydrogen (secondary N) is 1. The van der Waals surface area contributed by atoms with Crippen molar-refractivity contribution in [2.45, 2.75) is 123 Å². The Morgan fingerprint density at radius 1 is 0.364 bits per heavy atom. The van der Waals surface area contributed by atoms with Gasteiger partial charge in [0.2, 0.25) is 0 Å². The molecule has 1 heteroatoms. The van der Waals surface area contributed by atoms with Crippen LogP contribution in [0.2, 0.25) is 0 Å². The Bertz CT molecular complexity index is 159. The van der Waals surface area contributed by atoms with Crippen LogP contribution in [0.5, 0.6) is 0 Å². The maximum Gasteiger partial charge on any atom is -0.00489 e. The fraction of sp³-hybridized carbons (Fsp3) is 1.00. The van der Waals surface area contributed by atoms with Crippen molar-refractivity contribution in [3.8, 4) is 0 Å². The van der Waals surface area contributed by atoms with Crippen molar-refractivity contribution < 1.29 is 0 Å². The van der Waals surface area contributed by atoms with Crippen molar-refractivity contribution in [1.29, 1.82) is 0 Å². The number of unbranched alkanes of at least 4 members (excludes halogenated alkanes) is 15. The van der Waals surface area contributed by atoms with Gasteiger partial charge >= 0.3 is 0 Å². The van der Waals surface area contributed by atoms with Crippen LogP contribution in [0.4, 0.5) is 0 Å². The van der Waals surface area contributed by atoms with E-state index in [0.29, 0.717) is 0 Å². The zero-order valence-corrected chi connectivity index (χ0v) is 15.9. The van der Waals surface area contributed by atoms with Crippen LogP contribution in [0.1, 0.15) is 123 Å². The average molecular weight is 312 g/mol. The molecule has 0 aliphatic carbocycles. The molecule has 0 fully saturated rings. The zero-order chi connectivity index (χ0) is 16.1. The first-order valence-electron chi connectivity index (χ1n) is 10.6. The van der Waals surface area contributed by atoms with Gasteiger partial charge in [-0.3, -0.25) is 0 Å². The van der Waals surface area contributed by atoms with E-state index >= 15 is 0 Å². The monoisotopic (exact) mass is 311 g/mol. The summed E-state index contributed by atoms with van der Waals surface area (Å²) in [5.41, 5.74) is 0. The van der Waals surface area contributed by atoms with Crippen LogP contribution in [0.25, 0.3) is 0 Å². The summed E-state index contributed by atoms with van der Waals surface area (Å²) in [6, 6.07) is 0. The van der Waals surface area contributed by atoms with Crippen molar-refractivity contribution >= 4 is 0 Å². The number of hydrogen-bond donors (Lipinski definition) is 1. The van der Waals surface area contributed by atoms with Crippen molar-refractivity contribution in [2.75, 3.05) is 13.1 Å². The smallest absolute Gasteiger partial charge is 0.00489 e. The molecule has 22 heavy (non-hydrogen) atoms. The Hall–Kier alpha value is -0.0400. The molecule has 0 aliphatic rings. The van der Waals surface area contributed by atoms with E-state index in [1.54, 1.807) is 0 Å². The highest BCUT2D eigenvalue weighted by molar-refractivity contribution is 4.51. The van der Waals surface area contributed by atoms with Gasteiger partial charge in [-0.1, -0.05) is 110 Å². The quantitative estimate of drug-likeness (QED) is 0.248. The summed E-state index contributed by atoms with van der Waals surface area (Å²) in [5.74, 6) is 0. The fourth-order valence-electron chi connectivity index (χ4n) is 3.10. The predicted octanol–water partition coefficient (Wildman–Crippen LogP) is 7.25. The van der Waals surface area contributed by atoms with E-state index in [-0.39, 0.29) is 0 Å². The van der Waals surface area contributed by atoms with Gasteiger partial charge in [0.15, 0.2) is 0 Å². The van der Waals surface area contributed by atoms with Gasteiger partial charge in [0.05, 0.1) is 0 Å². The maximum atomic E-state index is 3.48. The number of hydrogen-bond acceptors (Lipinski definition) is 1. The molecule has 0 bridgehead atoms. The minimum absolute atomic E-state index is 1.19. The van der Waals surface area contributed by atoms with Gasteiger partial charge in [-0.25, -0.2) is 0 Å². The summed E-state index contributed by atoms with van der Waals surface area (Å²) in [6.45, 7) is 6.95. The normalized spacial score (nSPS) is 11.2. The Kier molecular flexibility index (Phi) is 20.9. The van der Waals surface area contributed by atoms with E-state index in [2.05, 4.69) is 19.2 Å². The number of rotatable bonds is 19. The molecule has 0 heterocycles. The molecule has 0 saturated carbocycles. The highest BCUT2D eigenvalue weighted by atomic mass is 14.8. The van der Waals surface area contributed by atoms with E-state index in [9.17, 15) is 0 Å². The minimum atomic E-state index is 1.19. The van der Waals surface area contributed by atoms with Crippen LogP contribution in [-0.2, 0) is 0 Å². The van der Waals surface area contributed by atoms with Crippen LogP contribution in [0.15, 0.2) is 0 Å². The molecule has 1 N–H and O–H groups in total. The highest BCUT2D eigenvalue weighted by Gasteiger charge is 1.94. The van der Waals surface area contributed by atoms with Crippen LogP contribution in [0, 0.1) is 0 Å². The van der Waals surface area contributed by atoms with E-state index in [0.717, 1.165) is 0 Å². The molecule has 0 rings (SSSR count). The molecule has 0 unspecified atom stereocenters. The van der Waals surface area contributed by atoms with Crippen LogP contribution in [-0.4, -0.2) is 13.1 Å². The molecule has 0 aromatic heterocycles. The van der Waals surface area contributed by atoms with Crippen molar-refractivity contribution in [2.24, 2.45) is 0 Å². The van der Waals surface area contributed by atoms with Gasteiger partial charge in [0, 0.05) is 0 Å². The first-order valence-corrected chi connectivity index (χ1v) is 10.6. The Labute approximate surface area is 142 Å². The van der Waals surface area contributed by atoms with Crippen molar-refractivity contribution in [1.82, 2.24) is 5.32 Å². The predicted molar refractivity (Wildman–Crippen MR) is 103 cm³/mol. The molecular weight excluding hydrogens is 266 g/mol. The summed E-state index contributed by atoms with van der Waals surface area (Å²) in [6.07, 6.45) is 24.6. The Balaban J connectivity index is 2.91. The molecule has 0 saturated heterocycles. The molecule has 0 aromatic carbocycles. The van der Waals surface area contributed by atoms with Crippen molar-refractivity contribution in [3.63, 3.8) is 0 Å². The Morgan fingerprint density at radius 3 is 1.09 bits per heavy atom. The third-order valence-corrected chi connectivity index (χ3v) is 4.63. The lowest BCUT2D eigenvalue weighted by atomic mass is 10.0.